The van der Waals surface area contributed by atoms with Gasteiger partial charge in [0.1, 0.15) is 0 Å². The Morgan fingerprint density at radius 3 is 2.60 bits per heavy atom. The molecule has 0 saturated heterocycles. The summed E-state index contributed by atoms with van der Waals surface area (Å²) in [6.07, 6.45) is 2.93. The van der Waals surface area contributed by atoms with Gasteiger partial charge in [0.05, 0.1) is 5.91 Å². The normalized spacial score (nSPS) is 8.00. The van der Waals surface area contributed by atoms with Crippen molar-refractivity contribution in [2.75, 3.05) is 0 Å². The summed E-state index contributed by atoms with van der Waals surface area (Å²) in [4.78, 5) is 13.9. The molecule has 0 radical (unpaired) electrons. The minimum absolute atomic E-state index is 0. The zero-order valence-corrected chi connectivity index (χ0v) is 5.91. The number of rotatable bonds is 1. The van der Waals surface area contributed by atoms with Gasteiger partial charge in [-0.05, 0) is 12.1 Å². The van der Waals surface area contributed by atoms with Crippen molar-refractivity contribution < 1.29 is 21.9 Å². The maximum absolute atomic E-state index is 10.3. The number of hydrogen-bond donors (Lipinski definition) is 0. The summed E-state index contributed by atoms with van der Waals surface area (Å²) in [5, 5.41) is 0. The van der Waals surface area contributed by atoms with E-state index in [1.807, 2.05) is 0 Å². The molecule has 0 saturated carbocycles. The van der Waals surface area contributed by atoms with E-state index >= 15 is 0 Å². The Morgan fingerprint density at radius 1 is 1.60 bits per heavy atom. The molecule has 1 aromatic heterocycles. The summed E-state index contributed by atoms with van der Waals surface area (Å²) in [6.45, 7) is 0. The summed E-state index contributed by atoms with van der Waals surface area (Å²) in [6, 6.07) is 3.18. The summed E-state index contributed by atoms with van der Waals surface area (Å²) >= 11 is 0. The predicted molar refractivity (Wildman–Crippen MR) is 32.9 cm³/mol. The molecule has 4 heteroatoms. The van der Waals surface area contributed by atoms with Crippen LogP contribution >= 0.6 is 0 Å². The van der Waals surface area contributed by atoms with Crippen molar-refractivity contribution in [2.24, 2.45) is 0 Å². The molecule has 1 heterocycles. The van der Waals surface area contributed by atoms with Crippen LogP contribution in [0.25, 0.3) is 5.73 Å². The van der Waals surface area contributed by atoms with Crippen molar-refractivity contribution in [3.8, 4) is 0 Å². The first kappa shape index (κ1) is 9.14. The predicted octanol–water partition coefficient (Wildman–Crippen LogP) is 1.27. The Labute approximate surface area is 69.1 Å². The fraction of sp³-hybridized carbons (Fsp3) is 0. The van der Waals surface area contributed by atoms with Gasteiger partial charge in [-0.1, -0.05) is 0 Å². The van der Waals surface area contributed by atoms with Gasteiger partial charge >= 0.3 is 17.1 Å². The summed E-state index contributed by atoms with van der Waals surface area (Å²) in [5.41, 5.74) is 6.97. The van der Waals surface area contributed by atoms with Crippen molar-refractivity contribution in [1.82, 2.24) is 4.98 Å². The topological polar surface area (TPSA) is 53.8 Å². The first-order valence-electron chi connectivity index (χ1n) is 2.46. The van der Waals surface area contributed by atoms with Crippen LogP contribution in [0.3, 0.4) is 0 Å². The number of carbonyl (C=O) groups is 1. The van der Waals surface area contributed by atoms with Crippen LogP contribution in [0.15, 0.2) is 24.5 Å². The average Bonchev–Trinajstić information content (AvgIpc) is 1.90. The largest absolute Gasteiger partial charge is 1.00 e. The maximum atomic E-state index is 10.3. The monoisotopic (exact) mass is 184 g/mol. The number of nitrogens with one attached hydrogen (secondary N) is 1. The molecule has 0 fully saturated rings. The van der Waals surface area contributed by atoms with E-state index in [0.29, 0.717) is 5.56 Å². The molecule has 1 aromatic rings. The zero-order chi connectivity index (χ0) is 6.69. The van der Waals surface area contributed by atoms with E-state index in [0.717, 1.165) is 0 Å². The van der Waals surface area contributed by atoms with Gasteiger partial charge in [-0.15, -0.1) is 0 Å². The van der Waals surface area contributed by atoms with Crippen LogP contribution in [0.1, 0.15) is 10.4 Å². The van der Waals surface area contributed by atoms with Gasteiger partial charge in [-0.25, -0.2) is 0 Å². The molecule has 1 rings (SSSR count). The smallest absolute Gasteiger partial charge is 0.664 e. The van der Waals surface area contributed by atoms with Gasteiger partial charge in [0.25, 0.3) is 0 Å². The molecule has 1 amide bonds. The first-order valence-corrected chi connectivity index (χ1v) is 2.46. The van der Waals surface area contributed by atoms with Crippen LogP contribution in [-0.4, -0.2) is 10.9 Å². The van der Waals surface area contributed by atoms with Crippen molar-refractivity contribution in [2.45, 2.75) is 0 Å². The van der Waals surface area contributed by atoms with Crippen LogP contribution in [0.2, 0.25) is 0 Å². The van der Waals surface area contributed by atoms with E-state index in [-0.39, 0.29) is 17.1 Å². The van der Waals surface area contributed by atoms with Gasteiger partial charge in [-0.2, -0.15) is 0 Å². The first-order chi connectivity index (χ1) is 4.30. The van der Waals surface area contributed by atoms with Crippen molar-refractivity contribution >= 4 is 5.91 Å². The van der Waals surface area contributed by atoms with Gasteiger partial charge in [0, 0.05) is 18.0 Å². The van der Waals surface area contributed by atoms with E-state index in [4.69, 9.17) is 5.73 Å². The third-order valence-corrected chi connectivity index (χ3v) is 0.924. The van der Waals surface area contributed by atoms with Gasteiger partial charge in [0.2, 0.25) is 0 Å². The number of aromatic nitrogens is 1. The molecule has 0 unspecified atom stereocenters. The standard InChI is InChI=1S/C6H6N2O.Cu/c7-6(9)5-2-1-3-8-4-5;/h1-4H,(H2,7,9);/q;+1/p-1. The molecule has 0 aliphatic carbocycles. The second-order valence-corrected chi connectivity index (χ2v) is 1.57. The molecule has 0 bridgehead atoms. The number of nitrogens with zero attached hydrogens (tertiary/aromatic N) is 1. The molecule has 0 aliphatic heterocycles. The fourth-order valence-electron chi connectivity index (χ4n) is 0.497. The molecular weight excluding hydrogens is 180 g/mol. The van der Waals surface area contributed by atoms with Crippen molar-refractivity contribution in [1.29, 1.82) is 0 Å². The van der Waals surface area contributed by atoms with Crippen LogP contribution in [0.5, 0.6) is 0 Å². The minimum Gasteiger partial charge on any atom is -0.664 e. The Morgan fingerprint density at radius 2 is 2.30 bits per heavy atom. The van der Waals surface area contributed by atoms with E-state index in [1.54, 1.807) is 18.3 Å². The molecule has 3 nitrogen and oxygen atoms in total. The van der Waals surface area contributed by atoms with E-state index in [9.17, 15) is 4.79 Å². The summed E-state index contributed by atoms with van der Waals surface area (Å²) < 4.78 is 0. The van der Waals surface area contributed by atoms with Crippen molar-refractivity contribution in [3.05, 3.63) is 35.8 Å². The number of carbonyl (C=O) groups excluding carboxylic acids is 1. The Hall–Kier alpha value is -0.861. The maximum Gasteiger partial charge on any atom is 1.00 e. The van der Waals surface area contributed by atoms with Crippen LogP contribution in [0, 0.1) is 0 Å². The molecule has 0 aromatic carbocycles. The zero-order valence-electron chi connectivity index (χ0n) is 4.97. The van der Waals surface area contributed by atoms with E-state index in [1.165, 1.54) is 6.20 Å². The van der Waals surface area contributed by atoms with E-state index in [2.05, 4.69) is 4.98 Å². The summed E-state index contributed by atoms with van der Waals surface area (Å²) in [5.74, 6) is -0.692. The Kier molecular flexibility index (Phi) is 3.69. The quantitative estimate of drug-likeness (QED) is 0.618. The Bertz CT molecular complexity index is 212. The number of hydrogen-bond acceptors (Lipinski definition) is 2. The summed E-state index contributed by atoms with van der Waals surface area (Å²) in [7, 11) is 0. The Balaban J connectivity index is 0.000000810. The van der Waals surface area contributed by atoms with Crippen molar-refractivity contribution in [3.63, 3.8) is 0 Å². The van der Waals surface area contributed by atoms with Crippen LogP contribution < -0.4 is 0 Å². The second kappa shape index (κ2) is 4.04. The van der Waals surface area contributed by atoms with Crippen LogP contribution in [0.4, 0.5) is 0 Å². The SMILES string of the molecule is [Cu+].[NH-]C(=O)c1cccnc1. The molecule has 0 aliphatic rings. The van der Waals surface area contributed by atoms with Gasteiger partial charge < -0.3 is 10.5 Å². The molecule has 0 spiro atoms. The molecular formula is C6H5CuN2O. The van der Waals surface area contributed by atoms with Gasteiger partial charge in [0.15, 0.2) is 0 Å². The third kappa shape index (κ3) is 2.17. The van der Waals surface area contributed by atoms with Gasteiger partial charge in [-0.3, -0.25) is 4.98 Å². The van der Waals surface area contributed by atoms with E-state index < -0.39 is 5.91 Å². The number of amides is 1. The molecule has 10 heavy (non-hydrogen) atoms. The molecule has 1 N–H and O–H groups in total. The number of pyridine rings is 1. The van der Waals surface area contributed by atoms with Crippen LogP contribution in [-0.2, 0) is 17.1 Å². The molecule has 56 valence electrons. The fourth-order valence-corrected chi connectivity index (χ4v) is 0.497. The minimum atomic E-state index is -0.692. The third-order valence-electron chi connectivity index (χ3n) is 0.924. The second-order valence-electron chi connectivity index (χ2n) is 1.57. The average molecular weight is 185 g/mol. The molecule has 0 atom stereocenters.